The monoisotopic (exact) mass is 254 g/mol. The molecule has 1 rings (SSSR count). The molecule has 0 aliphatic heterocycles. The standard InChI is InChI=1S/C11H14N2O5/c1-4-18-11(14)12(2)10-7-8(17-3)5-6-9(10)13(15)16/h5-7H,4H2,1-3H3. The van der Waals surface area contributed by atoms with Gasteiger partial charge in [-0.1, -0.05) is 0 Å². The average Bonchev–Trinajstić information content (AvgIpc) is 2.37. The van der Waals surface area contributed by atoms with E-state index < -0.39 is 11.0 Å². The number of amides is 1. The zero-order valence-electron chi connectivity index (χ0n) is 10.4. The maximum Gasteiger partial charge on any atom is 0.414 e. The van der Waals surface area contributed by atoms with E-state index in [1.807, 2.05) is 0 Å². The third-order valence-corrected chi connectivity index (χ3v) is 2.28. The Morgan fingerprint density at radius 1 is 1.50 bits per heavy atom. The van der Waals surface area contributed by atoms with Gasteiger partial charge in [-0.15, -0.1) is 0 Å². The number of hydrogen-bond donors (Lipinski definition) is 0. The Hall–Kier alpha value is -2.31. The molecule has 0 unspecified atom stereocenters. The van der Waals surface area contributed by atoms with Crippen LogP contribution in [0.4, 0.5) is 16.2 Å². The Kier molecular flexibility index (Phi) is 4.47. The summed E-state index contributed by atoms with van der Waals surface area (Å²) in [5, 5.41) is 10.9. The van der Waals surface area contributed by atoms with Crippen LogP contribution in [-0.4, -0.2) is 31.8 Å². The van der Waals surface area contributed by atoms with Crippen molar-refractivity contribution in [2.45, 2.75) is 6.92 Å². The van der Waals surface area contributed by atoms with Crippen molar-refractivity contribution in [1.82, 2.24) is 0 Å². The Bertz CT molecular complexity index is 461. The molecule has 1 aromatic rings. The Morgan fingerprint density at radius 2 is 2.17 bits per heavy atom. The van der Waals surface area contributed by atoms with Crippen molar-refractivity contribution >= 4 is 17.5 Å². The number of benzene rings is 1. The minimum absolute atomic E-state index is 0.123. The molecule has 0 aliphatic carbocycles. The van der Waals surface area contributed by atoms with Gasteiger partial charge in [-0.2, -0.15) is 0 Å². The molecule has 1 aromatic carbocycles. The van der Waals surface area contributed by atoms with Crippen LogP contribution in [0.1, 0.15) is 6.92 Å². The number of ether oxygens (including phenoxy) is 2. The fraction of sp³-hybridized carbons (Fsp3) is 0.364. The highest BCUT2D eigenvalue weighted by Gasteiger charge is 2.22. The van der Waals surface area contributed by atoms with Gasteiger partial charge in [0.25, 0.3) is 5.69 Å². The van der Waals surface area contributed by atoms with E-state index in [-0.39, 0.29) is 18.0 Å². The second-order valence-corrected chi connectivity index (χ2v) is 3.37. The molecular weight excluding hydrogens is 240 g/mol. The molecule has 7 nitrogen and oxygen atoms in total. The zero-order chi connectivity index (χ0) is 13.7. The lowest BCUT2D eigenvalue weighted by molar-refractivity contribution is -0.384. The highest BCUT2D eigenvalue weighted by molar-refractivity contribution is 5.90. The van der Waals surface area contributed by atoms with Crippen LogP contribution in [0.15, 0.2) is 18.2 Å². The van der Waals surface area contributed by atoms with Gasteiger partial charge in [0.05, 0.1) is 18.6 Å². The number of nitro benzene ring substituents is 1. The van der Waals surface area contributed by atoms with E-state index in [4.69, 9.17) is 9.47 Å². The SMILES string of the molecule is CCOC(=O)N(C)c1cc(OC)ccc1[N+](=O)[O-]. The van der Waals surface area contributed by atoms with Gasteiger partial charge in [0, 0.05) is 19.2 Å². The molecule has 0 aromatic heterocycles. The van der Waals surface area contributed by atoms with Crippen molar-refractivity contribution in [3.63, 3.8) is 0 Å². The van der Waals surface area contributed by atoms with Crippen LogP contribution in [0.2, 0.25) is 0 Å². The molecule has 1 amide bonds. The first-order chi connectivity index (χ1) is 8.51. The summed E-state index contributed by atoms with van der Waals surface area (Å²) in [4.78, 5) is 23.0. The van der Waals surface area contributed by atoms with Crippen molar-refractivity contribution in [3.8, 4) is 5.75 Å². The van der Waals surface area contributed by atoms with Gasteiger partial charge < -0.3 is 9.47 Å². The fourth-order valence-electron chi connectivity index (χ4n) is 1.37. The lowest BCUT2D eigenvalue weighted by Crippen LogP contribution is -2.27. The molecule has 0 spiro atoms. The summed E-state index contributed by atoms with van der Waals surface area (Å²) >= 11 is 0. The van der Waals surface area contributed by atoms with Crippen molar-refractivity contribution in [2.24, 2.45) is 0 Å². The normalized spacial score (nSPS) is 9.72. The van der Waals surface area contributed by atoms with Gasteiger partial charge in [-0.3, -0.25) is 15.0 Å². The maximum atomic E-state index is 11.6. The van der Waals surface area contributed by atoms with Crippen molar-refractivity contribution in [2.75, 3.05) is 25.7 Å². The molecule has 0 bridgehead atoms. The summed E-state index contributed by atoms with van der Waals surface area (Å²) in [5.74, 6) is 0.423. The van der Waals surface area contributed by atoms with E-state index in [1.54, 1.807) is 6.92 Å². The predicted molar refractivity (Wildman–Crippen MR) is 65.1 cm³/mol. The van der Waals surface area contributed by atoms with Gasteiger partial charge >= 0.3 is 6.09 Å². The Balaban J connectivity index is 3.18. The first-order valence-electron chi connectivity index (χ1n) is 5.24. The van der Waals surface area contributed by atoms with Crippen molar-refractivity contribution < 1.29 is 19.2 Å². The minimum Gasteiger partial charge on any atom is -0.497 e. The summed E-state index contributed by atoms with van der Waals surface area (Å²) < 4.78 is 9.77. The van der Waals surface area contributed by atoms with Crippen molar-refractivity contribution in [1.29, 1.82) is 0 Å². The van der Waals surface area contributed by atoms with Gasteiger partial charge in [0.2, 0.25) is 0 Å². The van der Waals surface area contributed by atoms with Crippen LogP contribution in [0.3, 0.4) is 0 Å². The van der Waals surface area contributed by atoms with Crippen molar-refractivity contribution in [3.05, 3.63) is 28.3 Å². The van der Waals surface area contributed by atoms with Crippen LogP contribution < -0.4 is 9.64 Å². The number of carbonyl (C=O) groups excluding carboxylic acids is 1. The van der Waals surface area contributed by atoms with Crippen LogP contribution >= 0.6 is 0 Å². The first-order valence-corrected chi connectivity index (χ1v) is 5.24. The second kappa shape index (κ2) is 5.85. The summed E-state index contributed by atoms with van der Waals surface area (Å²) in [6, 6.07) is 4.15. The minimum atomic E-state index is -0.658. The van der Waals surface area contributed by atoms with E-state index in [1.165, 1.54) is 32.4 Å². The molecule has 0 fully saturated rings. The maximum absolute atomic E-state index is 11.6. The molecule has 0 saturated carbocycles. The first kappa shape index (κ1) is 13.8. The quantitative estimate of drug-likeness (QED) is 0.607. The smallest absolute Gasteiger partial charge is 0.414 e. The number of carbonyl (C=O) groups is 1. The van der Waals surface area contributed by atoms with Gasteiger partial charge in [0.15, 0.2) is 0 Å². The molecule has 0 heterocycles. The number of nitrogens with zero attached hydrogens (tertiary/aromatic N) is 2. The van der Waals surface area contributed by atoms with Crippen LogP contribution in [-0.2, 0) is 4.74 Å². The lowest BCUT2D eigenvalue weighted by Gasteiger charge is -2.17. The van der Waals surface area contributed by atoms with E-state index in [0.717, 1.165) is 4.90 Å². The van der Waals surface area contributed by atoms with Crippen LogP contribution in [0.5, 0.6) is 5.75 Å². The average molecular weight is 254 g/mol. The zero-order valence-corrected chi connectivity index (χ0v) is 10.4. The second-order valence-electron chi connectivity index (χ2n) is 3.37. The Labute approximate surface area is 104 Å². The predicted octanol–water partition coefficient (Wildman–Crippen LogP) is 2.20. The summed E-state index contributed by atoms with van der Waals surface area (Å²) in [6.07, 6.45) is -0.658. The molecule has 0 N–H and O–H groups in total. The fourth-order valence-corrected chi connectivity index (χ4v) is 1.37. The molecule has 18 heavy (non-hydrogen) atoms. The summed E-state index contributed by atoms with van der Waals surface area (Å²) in [7, 11) is 2.84. The van der Waals surface area contributed by atoms with Gasteiger partial charge in [-0.25, -0.2) is 4.79 Å². The van der Waals surface area contributed by atoms with E-state index in [2.05, 4.69) is 0 Å². The highest BCUT2D eigenvalue weighted by Crippen LogP contribution is 2.31. The number of nitro groups is 1. The number of methoxy groups -OCH3 is 1. The third kappa shape index (κ3) is 2.88. The largest absolute Gasteiger partial charge is 0.497 e. The number of rotatable bonds is 4. The summed E-state index contributed by atoms with van der Waals surface area (Å²) in [6.45, 7) is 1.85. The van der Waals surface area contributed by atoms with Crippen LogP contribution in [0.25, 0.3) is 0 Å². The molecular formula is C11H14N2O5. The Morgan fingerprint density at radius 3 is 2.67 bits per heavy atom. The molecule has 7 heteroatoms. The molecule has 0 atom stereocenters. The molecule has 0 radical (unpaired) electrons. The van der Waals surface area contributed by atoms with E-state index >= 15 is 0 Å². The topological polar surface area (TPSA) is 81.9 Å². The van der Waals surface area contributed by atoms with Crippen LogP contribution in [0, 0.1) is 10.1 Å². The van der Waals surface area contributed by atoms with Gasteiger partial charge in [0.1, 0.15) is 11.4 Å². The van der Waals surface area contributed by atoms with E-state index in [0.29, 0.717) is 5.75 Å². The molecule has 98 valence electrons. The van der Waals surface area contributed by atoms with E-state index in [9.17, 15) is 14.9 Å². The molecule has 0 saturated heterocycles. The molecule has 0 aliphatic rings. The number of hydrogen-bond acceptors (Lipinski definition) is 5. The highest BCUT2D eigenvalue weighted by atomic mass is 16.6. The third-order valence-electron chi connectivity index (χ3n) is 2.28. The van der Waals surface area contributed by atoms with Gasteiger partial charge in [-0.05, 0) is 13.0 Å². The lowest BCUT2D eigenvalue weighted by atomic mass is 10.2. The number of anilines is 1. The summed E-state index contributed by atoms with van der Waals surface area (Å²) in [5.41, 5.74) is -0.0656.